The molecule has 0 atom stereocenters. The maximum absolute atomic E-state index is 5.84. The van der Waals surface area contributed by atoms with Crippen LogP contribution in [0.15, 0.2) is 24.3 Å². The van der Waals surface area contributed by atoms with Gasteiger partial charge in [0.1, 0.15) is 11.6 Å². The van der Waals surface area contributed by atoms with Gasteiger partial charge in [-0.1, -0.05) is 28.1 Å². The number of hydrogen-bond donors (Lipinski definition) is 0. The van der Waals surface area contributed by atoms with Crippen LogP contribution in [0.2, 0.25) is 0 Å². The standard InChI is InChI=1S/C15H18BrN3O/c1-11-12(10-16)15(18(2)17-11)19-8-5-9-20-14-7-4-3-6-13(14)19/h3-4,6-7H,5,8-10H2,1-2H3. The van der Waals surface area contributed by atoms with Crippen LogP contribution in [0.1, 0.15) is 17.7 Å². The lowest BCUT2D eigenvalue weighted by Crippen LogP contribution is -2.21. The molecule has 0 amide bonds. The number of para-hydroxylation sites is 2. The molecule has 0 radical (unpaired) electrons. The fourth-order valence-corrected chi connectivity index (χ4v) is 3.39. The zero-order valence-corrected chi connectivity index (χ0v) is 13.4. The highest BCUT2D eigenvalue weighted by Crippen LogP contribution is 2.38. The Bertz CT molecular complexity index is 624. The molecule has 106 valence electrons. The second kappa shape index (κ2) is 5.48. The summed E-state index contributed by atoms with van der Waals surface area (Å²) in [5, 5.41) is 5.37. The molecule has 0 unspecified atom stereocenters. The van der Waals surface area contributed by atoms with E-state index < -0.39 is 0 Å². The summed E-state index contributed by atoms with van der Waals surface area (Å²) >= 11 is 3.59. The number of aromatic nitrogens is 2. The average molecular weight is 336 g/mol. The first kappa shape index (κ1) is 13.5. The second-order valence-corrected chi connectivity index (χ2v) is 5.53. The number of aryl methyl sites for hydroxylation is 2. The van der Waals surface area contributed by atoms with Crippen molar-refractivity contribution in [2.45, 2.75) is 18.7 Å². The zero-order valence-electron chi connectivity index (χ0n) is 11.8. The van der Waals surface area contributed by atoms with E-state index in [1.165, 1.54) is 5.56 Å². The molecule has 4 nitrogen and oxygen atoms in total. The van der Waals surface area contributed by atoms with Gasteiger partial charge in [-0.2, -0.15) is 5.10 Å². The Labute approximate surface area is 127 Å². The first-order valence-electron chi connectivity index (χ1n) is 6.80. The van der Waals surface area contributed by atoms with Gasteiger partial charge in [0.15, 0.2) is 0 Å². The summed E-state index contributed by atoms with van der Waals surface area (Å²) in [6, 6.07) is 8.21. The average Bonchev–Trinajstić information content (AvgIpc) is 2.63. The number of benzene rings is 1. The first-order valence-corrected chi connectivity index (χ1v) is 7.92. The Morgan fingerprint density at radius 2 is 2.15 bits per heavy atom. The smallest absolute Gasteiger partial charge is 0.142 e. The van der Waals surface area contributed by atoms with E-state index in [1.807, 2.05) is 23.9 Å². The largest absolute Gasteiger partial charge is 0.491 e. The number of nitrogens with zero attached hydrogens (tertiary/aromatic N) is 3. The Kier molecular flexibility index (Phi) is 3.70. The Morgan fingerprint density at radius 3 is 2.95 bits per heavy atom. The predicted molar refractivity (Wildman–Crippen MR) is 84.1 cm³/mol. The van der Waals surface area contributed by atoms with Gasteiger partial charge in [0.25, 0.3) is 0 Å². The molecule has 0 saturated carbocycles. The Balaban J connectivity index is 2.15. The lowest BCUT2D eigenvalue weighted by Gasteiger charge is -2.24. The van der Waals surface area contributed by atoms with Crippen LogP contribution in [-0.4, -0.2) is 22.9 Å². The van der Waals surface area contributed by atoms with Crippen molar-refractivity contribution < 1.29 is 4.74 Å². The van der Waals surface area contributed by atoms with Crippen LogP contribution in [0.3, 0.4) is 0 Å². The molecule has 0 N–H and O–H groups in total. The van der Waals surface area contributed by atoms with Crippen molar-refractivity contribution in [1.82, 2.24) is 9.78 Å². The minimum Gasteiger partial charge on any atom is -0.491 e. The molecule has 2 heterocycles. The third-order valence-corrected chi connectivity index (χ3v) is 4.20. The van der Waals surface area contributed by atoms with E-state index in [4.69, 9.17) is 4.74 Å². The fourth-order valence-electron chi connectivity index (χ4n) is 2.73. The lowest BCUT2D eigenvalue weighted by molar-refractivity contribution is 0.322. The van der Waals surface area contributed by atoms with Crippen molar-refractivity contribution in [1.29, 1.82) is 0 Å². The molecule has 1 aliphatic heterocycles. The molecule has 0 fully saturated rings. The molecule has 1 aromatic carbocycles. The Hall–Kier alpha value is -1.49. The van der Waals surface area contributed by atoms with Gasteiger partial charge in [0.05, 0.1) is 18.0 Å². The minimum absolute atomic E-state index is 0.758. The van der Waals surface area contributed by atoms with Crippen LogP contribution in [-0.2, 0) is 12.4 Å². The van der Waals surface area contributed by atoms with Gasteiger partial charge in [-0.05, 0) is 25.5 Å². The summed E-state index contributed by atoms with van der Waals surface area (Å²) in [5.41, 5.74) is 3.43. The molecule has 3 rings (SSSR count). The third-order valence-electron chi connectivity index (χ3n) is 3.64. The van der Waals surface area contributed by atoms with Gasteiger partial charge < -0.3 is 9.64 Å². The SMILES string of the molecule is Cc1nn(C)c(N2CCCOc3ccccc32)c1CBr. The highest BCUT2D eigenvalue weighted by atomic mass is 79.9. The van der Waals surface area contributed by atoms with Crippen molar-refractivity contribution >= 4 is 27.4 Å². The first-order chi connectivity index (χ1) is 9.72. The van der Waals surface area contributed by atoms with Gasteiger partial charge in [-0.3, -0.25) is 4.68 Å². The minimum atomic E-state index is 0.758. The van der Waals surface area contributed by atoms with Crippen LogP contribution >= 0.6 is 15.9 Å². The molecule has 20 heavy (non-hydrogen) atoms. The summed E-state index contributed by atoms with van der Waals surface area (Å²) in [4.78, 5) is 2.32. The number of halogens is 1. The van der Waals surface area contributed by atoms with E-state index in [1.54, 1.807) is 0 Å². The number of rotatable bonds is 2. The maximum atomic E-state index is 5.84. The molecule has 0 spiro atoms. The molecule has 1 aromatic heterocycles. The lowest BCUT2D eigenvalue weighted by atomic mass is 10.2. The number of fused-ring (bicyclic) bond motifs is 1. The molecule has 0 saturated heterocycles. The van der Waals surface area contributed by atoms with Crippen molar-refractivity contribution in [3.63, 3.8) is 0 Å². The molecule has 0 aliphatic carbocycles. The summed E-state index contributed by atoms with van der Waals surface area (Å²) in [7, 11) is 2.00. The molecular formula is C15H18BrN3O. The highest BCUT2D eigenvalue weighted by Gasteiger charge is 2.23. The summed E-state index contributed by atoms with van der Waals surface area (Å²) in [5.74, 6) is 2.10. The number of hydrogen-bond acceptors (Lipinski definition) is 3. The number of anilines is 2. The maximum Gasteiger partial charge on any atom is 0.142 e. The Morgan fingerprint density at radius 1 is 1.35 bits per heavy atom. The van der Waals surface area contributed by atoms with Crippen molar-refractivity contribution in [3.05, 3.63) is 35.5 Å². The monoisotopic (exact) mass is 335 g/mol. The summed E-state index contributed by atoms with van der Waals surface area (Å²) < 4.78 is 7.80. The number of ether oxygens (including phenoxy) is 1. The summed E-state index contributed by atoms with van der Waals surface area (Å²) in [6.45, 7) is 3.75. The molecule has 2 aromatic rings. The van der Waals surface area contributed by atoms with Crippen LogP contribution < -0.4 is 9.64 Å². The van der Waals surface area contributed by atoms with E-state index in [0.29, 0.717) is 0 Å². The summed E-state index contributed by atoms with van der Waals surface area (Å²) in [6.07, 6.45) is 1.00. The van der Waals surface area contributed by atoms with Crippen molar-refractivity contribution in [3.8, 4) is 5.75 Å². The molecule has 0 bridgehead atoms. The van der Waals surface area contributed by atoms with Gasteiger partial charge in [-0.25, -0.2) is 0 Å². The quantitative estimate of drug-likeness (QED) is 0.786. The van der Waals surface area contributed by atoms with E-state index in [0.717, 1.165) is 47.9 Å². The predicted octanol–water partition coefficient (Wildman–Crippen LogP) is 3.54. The van der Waals surface area contributed by atoms with Crippen LogP contribution in [0.4, 0.5) is 11.5 Å². The molecule has 5 heteroatoms. The van der Waals surface area contributed by atoms with Crippen molar-refractivity contribution in [2.24, 2.45) is 7.05 Å². The van der Waals surface area contributed by atoms with Gasteiger partial charge in [0.2, 0.25) is 0 Å². The third kappa shape index (κ3) is 2.20. The topological polar surface area (TPSA) is 30.3 Å². The number of alkyl halides is 1. The van der Waals surface area contributed by atoms with Crippen LogP contribution in [0.25, 0.3) is 0 Å². The van der Waals surface area contributed by atoms with Crippen molar-refractivity contribution in [2.75, 3.05) is 18.1 Å². The van der Waals surface area contributed by atoms with Gasteiger partial charge >= 0.3 is 0 Å². The zero-order chi connectivity index (χ0) is 14.1. The van der Waals surface area contributed by atoms with E-state index in [-0.39, 0.29) is 0 Å². The van der Waals surface area contributed by atoms with Gasteiger partial charge in [0, 0.05) is 24.5 Å². The fraction of sp³-hybridized carbons (Fsp3) is 0.400. The van der Waals surface area contributed by atoms with Gasteiger partial charge in [-0.15, -0.1) is 0 Å². The van der Waals surface area contributed by atoms with E-state index in [2.05, 4.69) is 45.0 Å². The molecule has 1 aliphatic rings. The normalized spacial score (nSPS) is 14.7. The van der Waals surface area contributed by atoms with Crippen LogP contribution in [0, 0.1) is 6.92 Å². The highest BCUT2D eigenvalue weighted by molar-refractivity contribution is 9.08. The molecular weight excluding hydrogens is 318 g/mol. The van der Waals surface area contributed by atoms with E-state index in [9.17, 15) is 0 Å². The second-order valence-electron chi connectivity index (χ2n) is 4.97. The van der Waals surface area contributed by atoms with Crippen LogP contribution in [0.5, 0.6) is 5.75 Å². The van der Waals surface area contributed by atoms with E-state index >= 15 is 0 Å².